The van der Waals surface area contributed by atoms with Gasteiger partial charge in [-0.25, -0.2) is 0 Å². The first kappa shape index (κ1) is 9.40. The van der Waals surface area contributed by atoms with Crippen LogP contribution in [0.2, 0.25) is 0 Å². The van der Waals surface area contributed by atoms with Crippen molar-refractivity contribution in [1.82, 2.24) is 0 Å². The van der Waals surface area contributed by atoms with Gasteiger partial charge in [-0.3, -0.25) is 0 Å². The SMILES string of the molecule is C1CCOC1.CC(O)Br. The second-order valence-corrected chi connectivity index (χ2v) is 3.22. The molecule has 9 heavy (non-hydrogen) atoms. The average Bonchev–Trinajstić information content (AvgIpc) is 2.11. The normalized spacial score (nSPS) is 20.3. The van der Waals surface area contributed by atoms with E-state index in [-0.39, 0.29) is 5.01 Å². The number of ether oxygens (including phenoxy) is 1. The molecule has 0 aromatic rings. The Balaban J connectivity index is 0.000000148. The first-order chi connectivity index (χ1) is 4.23. The lowest BCUT2D eigenvalue weighted by atomic mass is 10.4. The molecule has 2 nitrogen and oxygen atoms in total. The van der Waals surface area contributed by atoms with Gasteiger partial charge in [-0.1, -0.05) is 15.9 Å². The first-order valence-corrected chi connectivity index (χ1v) is 4.05. The number of halogens is 1. The van der Waals surface area contributed by atoms with E-state index >= 15 is 0 Å². The van der Waals surface area contributed by atoms with E-state index in [1.54, 1.807) is 6.92 Å². The van der Waals surface area contributed by atoms with E-state index in [0.29, 0.717) is 0 Å². The highest BCUT2D eigenvalue weighted by Gasteiger charge is 1.94. The first-order valence-electron chi connectivity index (χ1n) is 3.13. The van der Waals surface area contributed by atoms with Crippen molar-refractivity contribution in [1.29, 1.82) is 0 Å². The summed E-state index contributed by atoms with van der Waals surface area (Å²) in [7, 11) is 0. The van der Waals surface area contributed by atoms with Gasteiger partial charge in [-0.15, -0.1) is 0 Å². The summed E-state index contributed by atoms with van der Waals surface area (Å²) >= 11 is 2.83. The second-order valence-electron chi connectivity index (χ2n) is 1.89. The molecule has 0 aromatic carbocycles. The van der Waals surface area contributed by atoms with Crippen molar-refractivity contribution >= 4 is 15.9 Å². The molecule has 1 heterocycles. The van der Waals surface area contributed by atoms with Crippen LogP contribution in [0.15, 0.2) is 0 Å². The topological polar surface area (TPSA) is 29.5 Å². The van der Waals surface area contributed by atoms with Crippen LogP contribution in [-0.2, 0) is 4.74 Å². The molecular weight excluding hydrogens is 184 g/mol. The fourth-order valence-electron chi connectivity index (χ4n) is 0.510. The standard InChI is InChI=1S/C4H8O.C2H5BrO/c1-2-4-5-3-1;1-2(3)4/h1-4H2;2,4H,1H3. The van der Waals surface area contributed by atoms with Gasteiger partial charge >= 0.3 is 0 Å². The van der Waals surface area contributed by atoms with Crippen LogP contribution in [0.3, 0.4) is 0 Å². The van der Waals surface area contributed by atoms with E-state index < -0.39 is 0 Å². The highest BCUT2D eigenvalue weighted by Crippen LogP contribution is 1.98. The maximum Gasteiger partial charge on any atom is 0.106 e. The average molecular weight is 197 g/mol. The number of alkyl halides is 1. The minimum atomic E-state index is -0.354. The third kappa shape index (κ3) is 11.8. The van der Waals surface area contributed by atoms with Crippen molar-refractivity contribution in [2.75, 3.05) is 13.2 Å². The molecule has 1 aliphatic rings. The van der Waals surface area contributed by atoms with E-state index in [1.165, 1.54) is 12.8 Å². The summed E-state index contributed by atoms with van der Waals surface area (Å²) in [5.74, 6) is 0. The van der Waals surface area contributed by atoms with Gasteiger partial charge in [0, 0.05) is 13.2 Å². The van der Waals surface area contributed by atoms with E-state index in [1.807, 2.05) is 0 Å². The molecule has 1 saturated heterocycles. The zero-order valence-corrected chi connectivity index (χ0v) is 7.23. The van der Waals surface area contributed by atoms with Crippen molar-refractivity contribution < 1.29 is 9.84 Å². The van der Waals surface area contributed by atoms with Crippen molar-refractivity contribution in [2.24, 2.45) is 0 Å². The Kier molecular flexibility index (Phi) is 6.81. The van der Waals surface area contributed by atoms with Gasteiger partial charge in [0.2, 0.25) is 0 Å². The van der Waals surface area contributed by atoms with Crippen LogP contribution in [0.4, 0.5) is 0 Å². The van der Waals surface area contributed by atoms with E-state index in [9.17, 15) is 0 Å². The molecule has 0 spiro atoms. The fraction of sp³-hybridized carbons (Fsp3) is 1.00. The lowest BCUT2D eigenvalue weighted by molar-refractivity contribution is 0.198. The Labute approximate surface area is 64.3 Å². The second kappa shape index (κ2) is 6.52. The zero-order valence-electron chi connectivity index (χ0n) is 5.64. The molecule has 1 unspecified atom stereocenters. The third-order valence-electron chi connectivity index (χ3n) is 0.827. The van der Waals surface area contributed by atoms with E-state index in [4.69, 9.17) is 9.84 Å². The summed E-state index contributed by atoms with van der Waals surface area (Å²) < 4.78 is 4.94. The van der Waals surface area contributed by atoms with E-state index in [0.717, 1.165) is 13.2 Å². The van der Waals surface area contributed by atoms with Gasteiger partial charge in [0.05, 0.1) is 0 Å². The van der Waals surface area contributed by atoms with Crippen molar-refractivity contribution in [2.45, 2.75) is 24.8 Å². The molecule has 3 heteroatoms. The van der Waals surface area contributed by atoms with Crippen LogP contribution in [-0.4, -0.2) is 23.3 Å². The number of aliphatic hydroxyl groups is 1. The molecule has 0 aromatic heterocycles. The molecule has 1 atom stereocenters. The summed E-state index contributed by atoms with van der Waals surface area (Å²) in [4.78, 5) is 0. The summed E-state index contributed by atoms with van der Waals surface area (Å²) in [6.45, 7) is 3.64. The van der Waals surface area contributed by atoms with Crippen LogP contribution < -0.4 is 0 Å². The van der Waals surface area contributed by atoms with Crippen molar-refractivity contribution in [3.8, 4) is 0 Å². The largest absolute Gasteiger partial charge is 0.382 e. The van der Waals surface area contributed by atoms with Crippen LogP contribution in [0.1, 0.15) is 19.8 Å². The summed E-state index contributed by atoms with van der Waals surface area (Å²) in [5.41, 5.74) is 0. The number of aliphatic hydroxyl groups excluding tert-OH is 1. The highest BCUT2D eigenvalue weighted by molar-refractivity contribution is 9.09. The highest BCUT2D eigenvalue weighted by atomic mass is 79.9. The predicted octanol–water partition coefficient (Wildman–Crippen LogP) is 1.52. The summed E-state index contributed by atoms with van der Waals surface area (Å²) in [6.07, 6.45) is 2.56. The quantitative estimate of drug-likeness (QED) is 0.596. The van der Waals surface area contributed by atoms with E-state index in [2.05, 4.69) is 15.9 Å². The molecule has 0 saturated carbocycles. The van der Waals surface area contributed by atoms with Crippen LogP contribution >= 0.6 is 15.9 Å². The smallest absolute Gasteiger partial charge is 0.106 e. The molecule has 0 amide bonds. The van der Waals surface area contributed by atoms with Crippen LogP contribution in [0, 0.1) is 0 Å². The molecule has 56 valence electrons. The molecule has 0 aliphatic carbocycles. The minimum absolute atomic E-state index is 0.354. The molecule has 1 fully saturated rings. The number of hydrogen-bond donors (Lipinski definition) is 1. The Morgan fingerprint density at radius 1 is 1.44 bits per heavy atom. The number of rotatable bonds is 0. The Morgan fingerprint density at radius 2 is 1.78 bits per heavy atom. The van der Waals surface area contributed by atoms with Crippen molar-refractivity contribution in [3.63, 3.8) is 0 Å². The molecule has 1 aliphatic heterocycles. The predicted molar refractivity (Wildman–Crippen MR) is 40.7 cm³/mol. The molecular formula is C6H13BrO2. The van der Waals surface area contributed by atoms with Gasteiger partial charge < -0.3 is 9.84 Å². The maximum absolute atomic E-state index is 7.97. The van der Waals surface area contributed by atoms with Crippen LogP contribution in [0.5, 0.6) is 0 Å². The molecule has 1 rings (SSSR count). The van der Waals surface area contributed by atoms with Gasteiger partial charge in [0.25, 0.3) is 0 Å². The fourth-order valence-corrected chi connectivity index (χ4v) is 0.510. The van der Waals surface area contributed by atoms with Gasteiger partial charge in [-0.05, 0) is 19.8 Å². The van der Waals surface area contributed by atoms with Gasteiger partial charge in [0.1, 0.15) is 5.01 Å². The summed E-state index contributed by atoms with van der Waals surface area (Å²) in [5, 5.41) is 7.62. The van der Waals surface area contributed by atoms with Crippen molar-refractivity contribution in [3.05, 3.63) is 0 Å². The monoisotopic (exact) mass is 196 g/mol. The number of hydrogen-bond acceptors (Lipinski definition) is 2. The molecule has 0 bridgehead atoms. The minimum Gasteiger partial charge on any atom is -0.382 e. The zero-order chi connectivity index (χ0) is 7.11. The van der Waals surface area contributed by atoms with Crippen LogP contribution in [0.25, 0.3) is 0 Å². The molecule has 0 radical (unpaired) electrons. The Hall–Kier alpha value is 0.400. The molecule has 1 N–H and O–H groups in total. The lowest BCUT2D eigenvalue weighted by Gasteiger charge is -1.77. The Bertz CT molecular complexity index is 42.7. The van der Waals surface area contributed by atoms with Gasteiger partial charge in [-0.2, -0.15) is 0 Å². The third-order valence-corrected chi connectivity index (χ3v) is 0.827. The maximum atomic E-state index is 7.97. The lowest BCUT2D eigenvalue weighted by Crippen LogP contribution is -1.78. The Morgan fingerprint density at radius 3 is 1.89 bits per heavy atom. The van der Waals surface area contributed by atoms with Gasteiger partial charge in [0.15, 0.2) is 0 Å². The summed E-state index contributed by atoms with van der Waals surface area (Å²) in [6, 6.07) is 0.